The Balaban J connectivity index is 1.09. The number of nitrogens with zero attached hydrogens (tertiary/aromatic N) is 2. The van der Waals surface area contributed by atoms with Crippen LogP contribution in [0.5, 0.6) is 0 Å². The van der Waals surface area contributed by atoms with Crippen LogP contribution in [0.1, 0.15) is 24.0 Å². The van der Waals surface area contributed by atoms with Crippen LogP contribution in [-0.2, 0) is 19.5 Å². The van der Waals surface area contributed by atoms with Gasteiger partial charge in [-0.05, 0) is 99.8 Å². The van der Waals surface area contributed by atoms with Crippen molar-refractivity contribution in [3.8, 4) is 22.3 Å². The lowest BCUT2D eigenvalue weighted by molar-refractivity contribution is 0.635. The third-order valence-electron chi connectivity index (χ3n) is 12.3. The molecule has 288 valence electrons. The summed E-state index contributed by atoms with van der Waals surface area (Å²) in [6.07, 6.45) is 3.32. The molecule has 0 aliphatic heterocycles. The van der Waals surface area contributed by atoms with Crippen molar-refractivity contribution in [2.75, 3.05) is 4.90 Å². The summed E-state index contributed by atoms with van der Waals surface area (Å²) in [5, 5.41) is 7.29. The minimum Gasteiger partial charge on any atom is -0.456 e. The first kappa shape index (κ1) is 35.8. The zero-order chi connectivity index (χ0) is 39.8. The molecule has 11 rings (SSSR count). The summed E-state index contributed by atoms with van der Waals surface area (Å²) >= 11 is 0. The van der Waals surface area contributed by atoms with Gasteiger partial charge in [-0.15, -0.1) is 0 Å². The van der Waals surface area contributed by atoms with Gasteiger partial charge in [-0.1, -0.05) is 170 Å². The molecule has 0 bridgehead atoms. The highest BCUT2D eigenvalue weighted by Gasteiger charge is 2.23. The molecule has 9 aromatic carbocycles. The third kappa shape index (κ3) is 6.40. The van der Waals surface area contributed by atoms with Gasteiger partial charge in [0, 0.05) is 33.9 Å². The monoisotopic (exact) mass is 772 g/mol. The van der Waals surface area contributed by atoms with E-state index in [9.17, 15) is 0 Å². The van der Waals surface area contributed by atoms with Crippen molar-refractivity contribution < 1.29 is 4.42 Å². The molecule has 0 unspecified atom stereocenters. The molecule has 2 aromatic heterocycles. The van der Waals surface area contributed by atoms with Crippen LogP contribution in [0.3, 0.4) is 0 Å². The van der Waals surface area contributed by atoms with Crippen LogP contribution in [-0.4, -0.2) is 4.57 Å². The number of rotatable bonds is 11. The highest BCUT2D eigenvalue weighted by Crippen LogP contribution is 2.45. The second-order valence-electron chi connectivity index (χ2n) is 15.9. The van der Waals surface area contributed by atoms with E-state index in [-0.39, 0.29) is 0 Å². The number of aromatic nitrogens is 1. The molecule has 11 aromatic rings. The van der Waals surface area contributed by atoms with Crippen LogP contribution in [0.15, 0.2) is 211 Å². The molecule has 0 radical (unpaired) electrons. The second kappa shape index (κ2) is 15.4. The van der Waals surface area contributed by atoms with Crippen molar-refractivity contribution in [2.45, 2.75) is 32.4 Å². The first-order chi connectivity index (χ1) is 29.8. The van der Waals surface area contributed by atoms with Crippen molar-refractivity contribution in [3.63, 3.8) is 0 Å². The van der Waals surface area contributed by atoms with Crippen LogP contribution >= 0.6 is 0 Å². The Morgan fingerprint density at radius 2 is 1.08 bits per heavy atom. The van der Waals surface area contributed by atoms with Crippen molar-refractivity contribution in [1.29, 1.82) is 0 Å². The minimum atomic E-state index is 0.675. The lowest BCUT2D eigenvalue weighted by atomic mass is 9.94. The normalized spacial score (nSPS) is 11.7. The first-order valence-corrected chi connectivity index (χ1v) is 21.2. The molecule has 3 heteroatoms. The Kier molecular flexibility index (Phi) is 9.20. The van der Waals surface area contributed by atoms with Crippen LogP contribution in [0.4, 0.5) is 11.4 Å². The van der Waals surface area contributed by atoms with Crippen LogP contribution in [0.25, 0.3) is 76.8 Å². The van der Waals surface area contributed by atoms with Crippen molar-refractivity contribution in [2.24, 2.45) is 0 Å². The van der Waals surface area contributed by atoms with Gasteiger partial charge in [0.05, 0.1) is 23.1 Å². The number of hydrogen-bond acceptors (Lipinski definition) is 2. The van der Waals surface area contributed by atoms with E-state index in [0.29, 0.717) is 6.54 Å². The maximum absolute atomic E-state index is 6.86. The van der Waals surface area contributed by atoms with Gasteiger partial charge in [-0.2, -0.15) is 0 Å². The molecule has 0 saturated heterocycles. The fourth-order valence-corrected chi connectivity index (χ4v) is 9.48. The molecular weight excluding hydrogens is 729 g/mol. The van der Waals surface area contributed by atoms with Crippen molar-refractivity contribution >= 4 is 65.9 Å². The zero-order valence-electron chi connectivity index (χ0n) is 33.5. The zero-order valence-corrected chi connectivity index (χ0v) is 33.5. The summed E-state index contributed by atoms with van der Waals surface area (Å²) in [5.74, 6) is 0. The largest absolute Gasteiger partial charge is 0.456 e. The maximum atomic E-state index is 6.86. The summed E-state index contributed by atoms with van der Waals surface area (Å²) in [7, 11) is 0. The lowest BCUT2D eigenvalue weighted by Gasteiger charge is -2.27. The average molecular weight is 773 g/mol. The number of furan rings is 1. The molecule has 0 aliphatic carbocycles. The third-order valence-corrected chi connectivity index (χ3v) is 12.3. The number of fused-ring (bicyclic) bond motifs is 8. The fraction of sp³-hybridized carbons (Fsp3) is 0.0877. The molecule has 0 spiro atoms. The van der Waals surface area contributed by atoms with Crippen molar-refractivity contribution in [3.05, 3.63) is 217 Å². The lowest BCUT2D eigenvalue weighted by Crippen LogP contribution is -2.17. The Morgan fingerprint density at radius 3 is 1.87 bits per heavy atom. The van der Waals surface area contributed by atoms with Crippen LogP contribution in [0, 0.1) is 0 Å². The van der Waals surface area contributed by atoms with E-state index in [1.54, 1.807) is 0 Å². The fourth-order valence-electron chi connectivity index (χ4n) is 9.48. The van der Waals surface area contributed by atoms with E-state index >= 15 is 0 Å². The molecule has 0 fully saturated rings. The van der Waals surface area contributed by atoms with Crippen LogP contribution in [0.2, 0.25) is 0 Å². The molecule has 2 heterocycles. The van der Waals surface area contributed by atoms with Gasteiger partial charge in [-0.25, -0.2) is 0 Å². The smallest absolute Gasteiger partial charge is 0.137 e. The summed E-state index contributed by atoms with van der Waals surface area (Å²) in [6, 6.07) is 74.7. The van der Waals surface area contributed by atoms with E-state index in [1.807, 2.05) is 0 Å². The average Bonchev–Trinajstić information content (AvgIpc) is 3.87. The van der Waals surface area contributed by atoms with Gasteiger partial charge in [0.1, 0.15) is 11.2 Å². The number of anilines is 2. The van der Waals surface area contributed by atoms with Crippen molar-refractivity contribution in [1.82, 2.24) is 4.57 Å². The first-order valence-electron chi connectivity index (χ1n) is 21.2. The molecular formula is C57H44N2O. The number of benzene rings is 9. The number of hydrogen-bond donors (Lipinski definition) is 0. The number of unbranched alkanes of at least 4 members (excludes halogenated alkanes) is 1. The highest BCUT2D eigenvalue weighted by molar-refractivity contribution is 6.25. The summed E-state index contributed by atoms with van der Waals surface area (Å²) in [5.41, 5.74) is 14.1. The summed E-state index contributed by atoms with van der Waals surface area (Å²) in [4.78, 5) is 2.51. The van der Waals surface area contributed by atoms with Gasteiger partial charge in [-0.3, -0.25) is 0 Å². The Hall–Kier alpha value is -7.36. The Morgan fingerprint density at radius 1 is 0.450 bits per heavy atom. The predicted molar refractivity (Wildman–Crippen MR) is 253 cm³/mol. The van der Waals surface area contributed by atoms with Crippen LogP contribution < -0.4 is 4.90 Å². The van der Waals surface area contributed by atoms with Gasteiger partial charge in [0.25, 0.3) is 0 Å². The number of para-hydroxylation sites is 2. The molecule has 0 N–H and O–H groups in total. The Labute approximate surface area is 350 Å². The topological polar surface area (TPSA) is 21.3 Å². The number of aryl methyl sites for hydroxylation is 2. The van der Waals surface area contributed by atoms with Gasteiger partial charge >= 0.3 is 0 Å². The van der Waals surface area contributed by atoms with Gasteiger partial charge in [0.2, 0.25) is 0 Å². The van der Waals surface area contributed by atoms with E-state index in [4.69, 9.17) is 4.42 Å². The predicted octanol–water partition coefficient (Wildman–Crippen LogP) is 15.5. The van der Waals surface area contributed by atoms with Gasteiger partial charge in [0.15, 0.2) is 0 Å². The molecule has 0 amide bonds. The highest BCUT2D eigenvalue weighted by atomic mass is 16.3. The SMILES string of the molecule is c1ccc(CCCCn2c3ccccc3c3cccc(CN(c4ccc(-c5ccccc5)cc4)c4cccc5oc6cc(-c7ccccc7)c7ccccc7c6c45)c32)cc1. The standard InChI is InChI=1S/C57H44N2O/c1-4-18-40(19-5-1)20-14-15-37-58-51-30-13-12-27-47(51)49-29-16-25-44(57(49)58)39-59(45-35-33-42(34-36-45)41-21-6-2-7-22-41)52-31-17-32-53-56(52)55-48-28-11-10-26-46(48)50(38-54(55)60-53)43-23-8-3-9-24-43/h1-13,16-19,21-36,38H,14-15,20,37,39H2. The quantitative estimate of drug-likeness (QED) is 0.122. The molecule has 0 saturated carbocycles. The van der Waals surface area contributed by atoms with E-state index in [1.165, 1.54) is 66.0 Å². The summed E-state index contributed by atoms with van der Waals surface area (Å²) in [6.45, 7) is 1.63. The molecule has 0 aliphatic rings. The molecule has 0 atom stereocenters. The molecule has 3 nitrogen and oxygen atoms in total. The summed E-state index contributed by atoms with van der Waals surface area (Å²) < 4.78 is 9.45. The van der Waals surface area contributed by atoms with Gasteiger partial charge < -0.3 is 13.9 Å². The maximum Gasteiger partial charge on any atom is 0.137 e. The van der Waals surface area contributed by atoms with E-state index in [0.717, 1.165) is 59.1 Å². The molecule has 60 heavy (non-hydrogen) atoms. The minimum absolute atomic E-state index is 0.675. The van der Waals surface area contributed by atoms with E-state index in [2.05, 4.69) is 216 Å². The Bertz CT molecular complexity index is 3270. The van der Waals surface area contributed by atoms with E-state index < -0.39 is 0 Å². The second-order valence-corrected chi connectivity index (χ2v) is 15.9.